The van der Waals surface area contributed by atoms with Crippen LogP contribution in [-0.4, -0.2) is 56.9 Å². The van der Waals surface area contributed by atoms with Gasteiger partial charge < -0.3 is 25.2 Å². The molecule has 0 unspecified atom stereocenters. The van der Waals surface area contributed by atoms with Gasteiger partial charge in [-0.3, -0.25) is 4.79 Å². The Hall–Kier alpha value is -1.21. The van der Waals surface area contributed by atoms with Crippen LogP contribution in [0.25, 0.3) is 0 Å². The number of aliphatic carboxylic acids is 1. The number of ether oxygens (including phenoxy) is 1. The molecule has 0 aromatic heterocycles. The molecule has 0 bridgehead atoms. The summed E-state index contributed by atoms with van der Waals surface area (Å²) in [7, 11) is 0. The van der Waals surface area contributed by atoms with Gasteiger partial charge in [0.1, 0.15) is 0 Å². The third-order valence-corrected chi connectivity index (χ3v) is 4.56. The molecule has 0 spiro atoms. The topological polar surface area (TPSA) is 107 Å². The molecule has 5 atom stereocenters. The summed E-state index contributed by atoms with van der Waals surface area (Å²) in [5, 5.41) is 38.7. The summed E-state index contributed by atoms with van der Waals surface area (Å²) >= 11 is 0. The molecule has 0 amide bonds. The molecule has 1 fully saturated rings. The van der Waals surface area contributed by atoms with Crippen molar-refractivity contribution in [2.45, 2.75) is 95.2 Å². The van der Waals surface area contributed by atoms with E-state index in [1.807, 2.05) is 12.2 Å². The Balaban J connectivity index is 2.30. The van der Waals surface area contributed by atoms with Crippen LogP contribution in [0.4, 0.5) is 0 Å². The first kappa shape index (κ1) is 22.8. The van der Waals surface area contributed by atoms with Gasteiger partial charge in [-0.15, -0.1) is 0 Å². The van der Waals surface area contributed by atoms with E-state index in [1.54, 1.807) is 12.2 Å². The molecule has 6 nitrogen and oxygen atoms in total. The van der Waals surface area contributed by atoms with E-state index in [2.05, 4.69) is 6.92 Å². The molecule has 0 saturated carbocycles. The fourth-order valence-corrected chi connectivity index (χ4v) is 2.98. The molecule has 1 saturated heterocycles. The van der Waals surface area contributed by atoms with E-state index in [0.29, 0.717) is 32.1 Å². The summed E-state index contributed by atoms with van der Waals surface area (Å²) in [5.74, 6) is -0.798. The van der Waals surface area contributed by atoms with Crippen LogP contribution in [0.1, 0.15) is 64.7 Å². The molecule has 0 aliphatic carbocycles. The van der Waals surface area contributed by atoms with Gasteiger partial charge in [0, 0.05) is 12.8 Å². The third kappa shape index (κ3) is 9.48. The molecule has 150 valence electrons. The minimum atomic E-state index is -0.852. The lowest BCUT2D eigenvalue weighted by Crippen LogP contribution is -2.24. The zero-order chi connectivity index (χ0) is 19.4. The van der Waals surface area contributed by atoms with E-state index < -0.39 is 30.4 Å². The first-order chi connectivity index (χ1) is 12.4. The van der Waals surface area contributed by atoms with Crippen LogP contribution in [0.5, 0.6) is 0 Å². The SMILES string of the molecule is CCCCC[C@H](O)/C=C/[C@@H](O)[C@H]1C[C@H](O)[C@@H](C/C=C\CCCC(=O)O)O1. The van der Waals surface area contributed by atoms with Crippen LogP contribution in [-0.2, 0) is 9.53 Å². The zero-order valence-electron chi connectivity index (χ0n) is 15.7. The fraction of sp³-hybridized carbons (Fsp3) is 0.750. The molecule has 0 aromatic rings. The monoisotopic (exact) mass is 370 g/mol. The van der Waals surface area contributed by atoms with Gasteiger partial charge in [-0.2, -0.15) is 0 Å². The summed E-state index contributed by atoms with van der Waals surface area (Å²) in [6.45, 7) is 2.11. The lowest BCUT2D eigenvalue weighted by atomic mass is 10.0. The van der Waals surface area contributed by atoms with Crippen LogP contribution in [0, 0.1) is 0 Å². The van der Waals surface area contributed by atoms with E-state index in [9.17, 15) is 20.1 Å². The second-order valence-corrected chi connectivity index (χ2v) is 6.95. The van der Waals surface area contributed by atoms with Gasteiger partial charge >= 0.3 is 5.97 Å². The molecular formula is C20H34O6. The van der Waals surface area contributed by atoms with Crippen LogP contribution in [0.2, 0.25) is 0 Å². The smallest absolute Gasteiger partial charge is 0.303 e. The van der Waals surface area contributed by atoms with E-state index in [0.717, 1.165) is 19.3 Å². The van der Waals surface area contributed by atoms with Crippen molar-refractivity contribution >= 4 is 5.97 Å². The number of carboxylic acid groups (broad SMARTS) is 1. The highest BCUT2D eigenvalue weighted by Crippen LogP contribution is 2.26. The maximum absolute atomic E-state index is 10.4. The summed E-state index contributed by atoms with van der Waals surface area (Å²) in [6, 6.07) is 0. The Morgan fingerprint density at radius 3 is 2.65 bits per heavy atom. The Kier molecular flexibility index (Phi) is 11.4. The minimum Gasteiger partial charge on any atom is -0.481 e. The molecular weight excluding hydrogens is 336 g/mol. The number of allylic oxidation sites excluding steroid dienone is 1. The largest absolute Gasteiger partial charge is 0.481 e. The first-order valence-corrected chi connectivity index (χ1v) is 9.68. The average Bonchev–Trinajstić information content (AvgIpc) is 2.97. The van der Waals surface area contributed by atoms with Crippen molar-refractivity contribution in [3.05, 3.63) is 24.3 Å². The number of aliphatic hydroxyl groups excluding tert-OH is 3. The molecule has 1 aliphatic heterocycles. The van der Waals surface area contributed by atoms with Gasteiger partial charge in [0.25, 0.3) is 0 Å². The number of carboxylic acids is 1. The van der Waals surface area contributed by atoms with Crippen LogP contribution in [0.15, 0.2) is 24.3 Å². The molecule has 6 heteroatoms. The molecule has 4 N–H and O–H groups in total. The average molecular weight is 370 g/mol. The number of carbonyl (C=O) groups is 1. The maximum Gasteiger partial charge on any atom is 0.303 e. The molecule has 0 radical (unpaired) electrons. The first-order valence-electron chi connectivity index (χ1n) is 9.68. The predicted octanol–water partition coefficient (Wildman–Crippen LogP) is 2.56. The molecule has 1 heterocycles. The Bertz CT molecular complexity index is 448. The zero-order valence-corrected chi connectivity index (χ0v) is 15.7. The second-order valence-electron chi connectivity index (χ2n) is 6.95. The third-order valence-electron chi connectivity index (χ3n) is 4.56. The number of unbranched alkanes of at least 4 members (excludes halogenated alkanes) is 3. The van der Waals surface area contributed by atoms with Crippen molar-refractivity contribution in [2.75, 3.05) is 0 Å². The van der Waals surface area contributed by atoms with Crippen LogP contribution in [0.3, 0.4) is 0 Å². The highest BCUT2D eigenvalue weighted by atomic mass is 16.5. The quantitative estimate of drug-likeness (QED) is 0.293. The second kappa shape index (κ2) is 13.0. The Labute approximate surface area is 156 Å². The Morgan fingerprint density at radius 2 is 1.96 bits per heavy atom. The fourth-order valence-electron chi connectivity index (χ4n) is 2.98. The van der Waals surface area contributed by atoms with Crippen LogP contribution < -0.4 is 0 Å². The van der Waals surface area contributed by atoms with Crippen molar-refractivity contribution < 1.29 is 30.0 Å². The molecule has 26 heavy (non-hydrogen) atoms. The Morgan fingerprint density at radius 1 is 1.19 bits per heavy atom. The van der Waals surface area contributed by atoms with Crippen molar-refractivity contribution in [1.29, 1.82) is 0 Å². The van der Waals surface area contributed by atoms with Gasteiger partial charge in [0.15, 0.2) is 0 Å². The van der Waals surface area contributed by atoms with E-state index in [4.69, 9.17) is 9.84 Å². The van der Waals surface area contributed by atoms with Crippen molar-refractivity contribution in [3.8, 4) is 0 Å². The van der Waals surface area contributed by atoms with Crippen LogP contribution >= 0.6 is 0 Å². The number of hydrogen-bond acceptors (Lipinski definition) is 5. The van der Waals surface area contributed by atoms with Crippen molar-refractivity contribution in [3.63, 3.8) is 0 Å². The van der Waals surface area contributed by atoms with E-state index in [-0.39, 0.29) is 12.5 Å². The number of rotatable bonds is 13. The van der Waals surface area contributed by atoms with Gasteiger partial charge in [-0.25, -0.2) is 0 Å². The number of aliphatic hydroxyl groups is 3. The molecule has 1 aliphatic rings. The highest BCUT2D eigenvalue weighted by Gasteiger charge is 2.36. The maximum atomic E-state index is 10.4. The van der Waals surface area contributed by atoms with Crippen molar-refractivity contribution in [1.82, 2.24) is 0 Å². The summed E-state index contributed by atoms with van der Waals surface area (Å²) in [6.07, 6.45) is 10.2. The minimum absolute atomic E-state index is 0.151. The molecule has 1 rings (SSSR count). The van der Waals surface area contributed by atoms with Crippen molar-refractivity contribution in [2.24, 2.45) is 0 Å². The predicted molar refractivity (Wildman–Crippen MR) is 99.8 cm³/mol. The summed E-state index contributed by atoms with van der Waals surface area (Å²) < 4.78 is 5.73. The van der Waals surface area contributed by atoms with Gasteiger partial charge in [0.05, 0.1) is 30.5 Å². The van der Waals surface area contributed by atoms with Gasteiger partial charge in [-0.1, -0.05) is 50.5 Å². The lowest BCUT2D eigenvalue weighted by Gasteiger charge is -2.16. The van der Waals surface area contributed by atoms with E-state index >= 15 is 0 Å². The molecule has 0 aromatic carbocycles. The van der Waals surface area contributed by atoms with E-state index in [1.165, 1.54) is 0 Å². The summed E-state index contributed by atoms with van der Waals surface area (Å²) in [4.78, 5) is 10.4. The van der Waals surface area contributed by atoms with Gasteiger partial charge in [-0.05, 0) is 25.7 Å². The lowest BCUT2D eigenvalue weighted by molar-refractivity contribution is -0.137. The summed E-state index contributed by atoms with van der Waals surface area (Å²) in [5.41, 5.74) is 0. The standard InChI is InChI=1S/C20H34O6/c1-2-3-6-9-15(21)12-13-16(22)19-14-17(23)18(26-19)10-7-4-5-8-11-20(24)25/h4,7,12-13,15-19,21-23H,2-3,5-6,8-11,14H2,1H3,(H,24,25)/b7-4-,13-12+/t15-,16+,17-,18+,19+/m0/s1. The highest BCUT2D eigenvalue weighted by molar-refractivity contribution is 5.66. The number of hydrogen-bond donors (Lipinski definition) is 4. The normalized spacial score (nSPS) is 25.9. The van der Waals surface area contributed by atoms with Gasteiger partial charge in [0.2, 0.25) is 0 Å².